The van der Waals surface area contributed by atoms with Gasteiger partial charge < -0.3 is 10.1 Å². The molecule has 0 atom stereocenters. The van der Waals surface area contributed by atoms with E-state index in [1.807, 2.05) is 45.0 Å². The highest BCUT2D eigenvalue weighted by molar-refractivity contribution is 5.89. The minimum atomic E-state index is -0.586. The Morgan fingerprint density at radius 1 is 0.675 bits per heavy atom. The van der Waals surface area contributed by atoms with Crippen LogP contribution in [0.5, 0.6) is 0 Å². The van der Waals surface area contributed by atoms with Gasteiger partial charge in [-0.3, -0.25) is 4.79 Å². The van der Waals surface area contributed by atoms with Crippen LogP contribution in [-0.2, 0) is 28.8 Å². The van der Waals surface area contributed by atoms with Gasteiger partial charge in [-0.25, -0.2) is 4.79 Å². The molecule has 1 aliphatic rings. The molecule has 4 heteroatoms. The summed E-state index contributed by atoms with van der Waals surface area (Å²) in [6.07, 6.45) is 2.19. The fourth-order valence-corrected chi connectivity index (χ4v) is 5.48. The molecule has 1 amide bonds. The molecule has 0 aromatic heterocycles. The number of fused-ring (bicyclic) bond motifs is 8. The number of nitrogens with one attached hydrogen (secondary N) is 1. The van der Waals surface area contributed by atoms with Gasteiger partial charge in [-0.15, -0.1) is 0 Å². The summed E-state index contributed by atoms with van der Waals surface area (Å²) in [5.41, 5.74) is 8.81. The molecule has 4 aromatic rings. The zero-order chi connectivity index (χ0) is 28.1. The second kappa shape index (κ2) is 11.9. The van der Waals surface area contributed by atoms with Gasteiger partial charge in [-0.1, -0.05) is 97.1 Å². The van der Waals surface area contributed by atoms with Gasteiger partial charge in [0.2, 0.25) is 0 Å². The molecular formula is C36H37NO3. The van der Waals surface area contributed by atoms with Crippen molar-refractivity contribution in [1.29, 1.82) is 0 Å². The van der Waals surface area contributed by atoms with E-state index in [1.54, 1.807) is 0 Å². The number of alkyl carbamates (subject to hydrolysis) is 1. The van der Waals surface area contributed by atoms with E-state index in [1.165, 1.54) is 33.4 Å². The molecule has 5 rings (SSSR count). The zero-order valence-electron chi connectivity index (χ0n) is 23.6. The molecule has 0 spiro atoms. The number of hydrogen-bond acceptors (Lipinski definition) is 3. The predicted molar refractivity (Wildman–Crippen MR) is 160 cm³/mol. The molecular weight excluding hydrogens is 494 g/mol. The van der Waals surface area contributed by atoms with Crippen LogP contribution in [0.3, 0.4) is 0 Å². The van der Waals surface area contributed by atoms with Crippen molar-refractivity contribution in [2.45, 2.75) is 58.0 Å². The maximum atomic E-state index is 13.8. The van der Waals surface area contributed by atoms with Crippen LogP contribution >= 0.6 is 0 Å². The Bertz CT molecular complexity index is 1420. The molecule has 8 bridgehead atoms. The fraction of sp³-hybridized carbons (Fsp3) is 0.278. The van der Waals surface area contributed by atoms with E-state index in [4.69, 9.17) is 4.74 Å². The third-order valence-corrected chi connectivity index (χ3v) is 7.14. The summed E-state index contributed by atoms with van der Waals surface area (Å²) in [6, 6.07) is 34.4. The molecule has 4 aromatic carbocycles. The molecule has 1 N–H and O–H groups in total. The Balaban J connectivity index is 1.49. The third-order valence-electron chi connectivity index (χ3n) is 7.14. The lowest BCUT2D eigenvalue weighted by Crippen LogP contribution is -2.34. The lowest BCUT2D eigenvalue weighted by Gasteiger charge is -2.21. The van der Waals surface area contributed by atoms with Gasteiger partial charge in [-0.05, 0) is 84.5 Å². The SMILES string of the molecule is CC(C)(C)OC(=O)NCCC(=O)C1c2cccc(c2)Cc2cccc(c2)Cc2cccc(c2)Cc2cccc1c2. The van der Waals surface area contributed by atoms with Crippen molar-refractivity contribution in [3.8, 4) is 0 Å². The van der Waals surface area contributed by atoms with Crippen molar-refractivity contribution in [1.82, 2.24) is 5.32 Å². The van der Waals surface area contributed by atoms with E-state index in [-0.39, 0.29) is 18.7 Å². The number of ketones is 1. The lowest BCUT2D eigenvalue weighted by molar-refractivity contribution is -0.119. The monoisotopic (exact) mass is 531 g/mol. The van der Waals surface area contributed by atoms with Crippen LogP contribution in [0.25, 0.3) is 0 Å². The number of hydrogen-bond donors (Lipinski definition) is 1. The van der Waals surface area contributed by atoms with Crippen molar-refractivity contribution in [2.75, 3.05) is 6.54 Å². The Labute approximate surface area is 237 Å². The molecule has 0 saturated heterocycles. The lowest BCUT2D eigenvalue weighted by atomic mass is 9.84. The molecule has 0 saturated carbocycles. The van der Waals surface area contributed by atoms with E-state index in [9.17, 15) is 9.59 Å². The molecule has 40 heavy (non-hydrogen) atoms. The van der Waals surface area contributed by atoms with Crippen molar-refractivity contribution < 1.29 is 14.3 Å². The minimum absolute atomic E-state index is 0.0652. The highest BCUT2D eigenvalue weighted by atomic mass is 16.6. The summed E-state index contributed by atoms with van der Waals surface area (Å²) in [5.74, 6) is -0.360. The Morgan fingerprint density at radius 2 is 1.07 bits per heavy atom. The Hall–Kier alpha value is -4.18. The van der Waals surface area contributed by atoms with Crippen LogP contribution in [0, 0.1) is 0 Å². The van der Waals surface area contributed by atoms with E-state index in [0.717, 1.165) is 30.4 Å². The largest absolute Gasteiger partial charge is 0.444 e. The molecule has 0 fully saturated rings. The maximum Gasteiger partial charge on any atom is 0.407 e. The Kier molecular flexibility index (Phi) is 8.16. The summed E-state index contributed by atoms with van der Waals surface area (Å²) in [7, 11) is 0. The maximum absolute atomic E-state index is 13.8. The molecule has 0 radical (unpaired) electrons. The van der Waals surface area contributed by atoms with Gasteiger partial charge in [0.25, 0.3) is 0 Å². The minimum Gasteiger partial charge on any atom is -0.444 e. The first kappa shape index (κ1) is 27.4. The highest BCUT2D eigenvalue weighted by Crippen LogP contribution is 2.30. The summed E-state index contributed by atoms with van der Waals surface area (Å²) >= 11 is 0. The quantitative estimate of drug-likeness (QED) is 0.299. The summed E-state index contributed by atoms with van der Waals surface area (Å²) in [6.45, 7) is 5.69. The first-order valence-electron chi connectivity index (χ1n) is 14.0. The van der Waals surface area contributed by atoms with E-state index in [2.05, 4.69) is 78.1 Å². The van der Waals surface area contributed by atoms with Crippen LogP contribution in [0.2, 0.25) is 0 Å². The number of carbonyl (C=O) groups excluding carboxylic acids is 2. The van der Waals surface area contributed by atoms with Gasteiger partial charge in [0.15, 0.2) is 0 Å². The van der Waals surface area contributed by atoms with Gasteiger partial charge in [-0.2, -0.15) is 0 Å². The van der Waals surface area contributed by atoms with Gasteiger partial charge in [0, 0.05) is 13.0 Å². The fourth-order valence-electron chi connectivity index (χ4n) is 5.48. The predicted octanol–water partition coefficient (Wildman–Crippen LogP) is 7.39. The number of rotatable bonds is 4. The molecule has 0 unspecified atom stereocenters. The van der Waals surface area contributed by atoms with Crippen molar-refractivity contribution in [3.05, 3.63) is 142 Å². The van der Waals surface area contributed by atoms with Crippen LogP contribution in [-0.4, -0.2) is 24.0 Å². The molecule has 4 nitrogen and oxygen atoms in total. The van der Waals surface area contributed by atoms with Crippen LogP contribution in [0.1, 0.15) is 77.6 Å². The topological polar surface area (TPSA) is 55.4 Å². The van der Waals surface area contributed by atoms with Crippen molar-refractivity contribution >= 4 is 11.9 Å². The highest BCUT2D eigenvalue weighted by Gasteiger charge is 2.24. The summed E-state index contributed by atoms with van der Waals surface area (Å²) in [4.78, 5) is 26.0. The molecule has 0 heterocycles. The third kappa shape index (κ3) is 7.26. The van der Waals surface area contributed by atoms with Gasteiger partial charge in [0.1, 0.15) is 11.4 Å². The number of Topliss-reactive ketones (excluding diaryl/α,β-unsaturated/α-hetero) is 1. The number of carbonyl (C=O) groups is 2. The normalized spacial score (nSPS) is 13.4. The molecule has 0 aliphatic heterocycles. The van der Waals surface area contributed by atoms with E-state index in [0.29, 0.717) is 0 Å². The number of ether oxygens (including phenoxy) is 1. The molecule has 204 valence electrons. The first-order valence-corrected chi connectivity index (χ1v) is 14.0. The van der Waals surface area contributed by atoms with Crippen LogP contribution in [0.4, 0.5) is 4.79 Å². The van der Waals surface area contributed by atoms with Crippen LogP contribution < -0.4 is 5.32 Å². The van der Waals surface area contributed by atoms with E-state index < -0.39 is 17.6 Å². The molecule has 1 aliphatic carbocycles. The second-order valence-corrected chi connectivity index (χ2v) is 11.7. The van der Waals surface area contributed by atoms with Gasteiger partial charge in [0.05, 0.1) is 5.92 Å². The van der Waals surface area contributed by atoms with Crippen molar-refractivity contribution in [2.24, 2.45) is 0 Å². The first-order chi connectivity index (χ1) is 19.2. The second-order valence-electron chi connectivity index (χ2n) is 11.7. The number of amides is 1. The average Bonchev–Trinajstić information content (AvgIpc) is 2.88. The summed E-state index contributed by atoms with van der Waals surface area (Å²) in [5, 5.41) is 2.74. The average molecular weight is 532 g/mol. The Morgan fingerprint density at radius 3 is 1.50 bits per heavy atom. The standard InChI is InChI=1S/C36H37NO3/c1-36(2,3)40-35(39)37-17-16-33(38)34-31-14-6-12-29(23-31)21-27-10-4-8-25(19-27)18-26-9-5-11-28(20-26)22-30-13-7-15-32(34)24-30/h4-15,19-20,23-24,34H,16-18,21-22H2,1-3H3,(H,37,39). The number of benzene rings is 4. The van der Waals surface area contributed by atoms with Crippen molar-refractivity contribution in [3.63, 3.8) is 0 Å². The van der Waals surface area contributed by atoms with E-state index >= 15 is 0 Å². The zero-order valence-corrected chi connectivity index (χ0v) is 23.6. The van der Waals surface area contributed by atoms with Gasteiger partial charge >= 0.3 is 6.09 Å². The van der Waals surface area contributed by atoms with Crippen LogP contribution in [0.15, 0.2) is 97.1 Å². The smallest absolute Gasteiger partial charge is 0.407 e. The summed E-state index contributed by atoms with van der Waals surface area (Å²) < 4.78 is 5.34.